The highest BCUT2D eigenvalue weighted by Gasteiger charge is 2.00. The normalized spacial score (nSPS) is 10.1. The van der Waals surface area contributed by atoms with E-state index in [2.05, 4.69) is 4.98 Å². The predicted octanol–water partition coefficient (Wildman–Crippen LogP) is 1.84. The summed E-state index contributed by atoms with van der Waals surface area (Å²) in [6.45, 7) is 0.368. The lowest BCUT2D eigenvalue weighted by Gasteiger charge is -2.03. The van der Waals surface area contributed by atoms with Crippen LogP contribution in [0.1, 0.15) is 5.69 Å². The van der Waals surface area contributed by atoms with Gasteiger partial charge in [0.1, 0.15) is 12.4 Å². The van der Waals surface area contributed by atoms with Crippen LogP contribution in [0.15, 0.2) is 42.9 Å². The summed E-state index contributed by atoms with van der Waals surface area (Å²) in [6, 6.07) is 6.89. The lowest BCUT2D eigenvalue weighted by molar-refractivity contribution is -0.904. The van der Waals surface area contributed by atoms with Crippen molar-refractivity contribution < 1.29 is 14.7 Å². The van der Waals surface area contributed by atoms with Gasteiger partial charge in [0.05, 0.1) is 10.7 Å². The first-order valence-electron chi connectivity index (χ1n) is 4.68. The molecule has 0 unspecified atom stereocenters. The van der Waals surface area contributed by atoms with Crippen LogP contribution >= 0.6 is 11.6 Å². The van der Waals surface area contributed by atoms with Crippen LogP contribution in [-0.4, -0.2) is 10.2 Å². The molecule has 0 saturated heterocycles. The minimum Gasteiger partial charge on any atom is -0.487 e. The van der Waals surface area contributed by atoms with Gasteiger partial charge < -0.3 is 4.74 Å². The molecule has 0 aliphatic rings. The Morgan fingerprint density at radius 3 is 2.62 bits per heavy atom. The maximum absolute atomic E-state index is 9.01. The molecule has 0 aliphatic carbocycles. The van der Waals surface area contributed by atoms with Crippen molar-refractivity contribution >= 4 is 11.6 Å². The highest BCUT2D eigenvalue weighted by molar-refractivity contribution is 6.30. The van der Waals surface area contributed by atoms with Gasteiger partial charge in [-0.3, -0.25) is 10.2 Å². The summed E-state index contributed by atoms with van der Waals surface area (Å²) in [5.41, 5.74) is 0.796. The number of halogens is 1. The topological polar surface area (TPSA) is 46.2 Å². The van der Waals surface area contributed by atoms with Crippen molar-refractivity contribution in [2.45, 2.75) is 6.61 Å². The molecule has 0 aliphatic heterocycles. The predicted molar refractivity (Wildman–Crippen MR) is 57.4 cm³/mol. The van der Waals surface area contributed by atoms with Crippen LogP contribution in [-0.2, 0) is 6.61 Å². The molecule has 2 rings (SSSR count). The standard InChI is InChI=1S/C11H10ClN2O2/c12-9-1-2-10(13-7-9)8-16-11-3-5-14(15)6-4-11/h1-7,15H,8H2/q+1. The molecule has 82 valence electrons. The van der Waals surface area contributed by atoms with Crippen LogP contribution < -0.4 is 9.47 Å². The number of hydrogen-bond acceptors (Lipinski definition) is 3. The van der Waals surface area contributed by atoms with E-state index in [0.29, 0.717) is 17.4 Å². The Morgan fingerprint density at radius 2 is 2.00 bits per heavy atom. The first kappa shape index (κ1) is 10.7. The van der Waals surface area contributed by atoms with Crippen LogP contribution in [0.3, 0.4) is 0 Å². The molecule has 16 heavy (non-hydrogen) atoms. The van der Waals surface area contributed by atoms with Gasteiger partial charge in [-0.25, -0.2) is 0 Å². The fourth-order valence-electron chi connectivity index (χ4n) is 1.15. The zero-order valence-electron chi connectivity index (χ0n) is 8.38. The number of rotatable bonds is 3. The largest absolute Gasteiger partial charge is 0.487 e. The Kier molecular flexibility index (Phi) is 3.22. The molecule has 4 nitrogen and oxygen atoms in total. The molecule has 1 N–H and O–H groups in total. The summed E-state index contributed by atoms with van der Waals surface area (Å²) in [5.74, 6) is 0.669. The number of hydrogen-bond donors (Lipinski definition) is 1. The quantitative estimate of drug-likeness (QED) is 0.655. The smallest absolute Gasteiger partial charge is 0.225 e. The Morgan fingerprint density at radius 1 is 1.25 bits per heavy atom. The fraction of sp³-hybridized carbons (Fsp3) is 0.0909. The number of pyridine rings is 2. The molecular formula is C11H10ClN2O2+. The summed E-state index contributed by atoms with van der Waals surface area (Å²) in [6.07, 6.45) is 4.56. The summed E-state index contributed by atoms with van der Waals surface area (Å²) in [7, 11) is 0. The summed E-state index contributed by atoms with van der Waals surface area (Å²) in [4.78, 5) is 4.10. The first-order valence-corrected chi connectivity index (χ1v) is 5.05. The number of nitrogens with zero attached hydrogens (tertiary/aromatic N) is 2. The monoisotopic (exact) mass is 237 g/mol. The summed E-state index contributed by atoms with van der Waals surface area (Å²) in [5, 5.41) is 9.61. The molecular weight excluding hydrogens is 228 g/mol. The van der Waals surface area contributed by atoms with E-state index in [9.17, 15) is 0 Å². The molecule has 2 aromatic rings. The van der Waals surface area contributed by atoms with Crippen molar-refractivity contribution in [3.63, 3.8) is 0 Å². The van der Waals surface area contributed by atoms with E-state index in [-0.39, 0.29) is 0 Å². The van der Waals surface area contributed by atoms with Gasteiger partial charge in [0.2, 0.25) is 12.4 Å². The van der Waals surface area contributed by atoms with E-state index in [0.717, 1.165) is 10.4 Å². The van der Waals surface area contributed by atoms with Crippen LogP contribution in [0, 0.1) is 0 Å². The van der Waals surface area contributed by atoms with E-state index >= 15 is 0 Å². The molecule has 2 aromatic heterocycles. The second-order valence-corrected chi connectivity index (χ2v) is 3.61. The molecule has 0 atom stereocenters. The maximum atomic E-state index is 9.01. The van der Waals surface area contributed by atoms with Gasteiger partial charge in [-0.2, -0.15) is 0 Å². The molecule has 0 aromatic carbocycles. The average molecular weight is 238 g/mol. The Balaban J connectivity index is 1.97. The summed E-state index contributed by atoms with van der Waals surface area (Å²) < 4.78 is 6.41. The van der Waals surface area contributed by atoms with Gasteiger partial charge in [0.25, 0.3) is 0 Å². The second kappa shape index (κ2) is 4.81. The molecule has 0 amide bonds. The van der Waals surface area contributed by atoms with E-state index in [1.807, 2.05) is 0 Å². The lowest BCUT2D eigenvalue weighted by Crippen LogP contribution is -2.27. The van der Waals surface area contributed by atoms with Gasteiger partial charge in [-0.05, 0) is 12.1 Å². The highest BCUT2D eigenvalue weighted by Crippen LogP contribution is 2.10. The molecule has 5 heteroatoms. The molecule has 0 radical (unpaired) electrons. The van der Waals surface area contributed by atoms with Crippen LogP contribution in [0.5, 0.6) is 5.75 Å². The van der Waals surface area contributed by atoms with Gasteiger partial charge >= 0.3 is 0 Å². The molecule has 0 bridgehead atoms. The van der Waals surface area contributed by atoms with Crippen LogP contribution in [0.2, 0.25) is 5.02 Å². The fourth-order valence-corrected chi connectivity index (χ4v) is 1.26. The zero-order chi connectivity index (χ0) is 11.4. The SMILES string of the molecule is O[n+]1ccc(OCc2ccc(Cl)cn2)cc1. The molecule has 0 fully saturated rings. The van der Waals surface area contributed by atoms with Crippen molar-refractivity contribution in [1.29, 1.82) is 0 Å². The molecule has 0 saturated carbocycles. The highest BCUT2D eigenvalue weighted by atomic mass is 35.5. The third-order valence-corrected chi connectivity index (χ3v) is 2.18. The lowest BCUT2D eigenvalue weighted by atomic mass is 10.4. The van der Waals surface area contributed by atoms with E-state index < -0.39 is 0 Å². The maximum Gasteiger partial charge on any atom is 0.225 e. The number of aromatic nitrogens is 2. The Bertz CT molecular complexity index is 411. The molecule has 2 heterocycles. The van der Waals surface area contributed by atoms with E-state index in [1.54, 1.807) is 30.5 Å². The minimum absolute atomic E-state index is 0.368. The second-order valence-electron chi connectivity index (χ2n) is 3.17. The van der Waals surface area contributed by atoms with Crippen LogP contribution in [0.4, 0.5) is 0 Å². The molecule has 0 spiro atoms. The Hall–Kier alpha value is -1.81. The van der Waals surface area contributed by atoms with Crippen LogP contribution in [0.25, 0.3) is 0 Å². The van der Waals surface area contributed by atoms with Gasteiger partial charge in [0, 0.05) is 23.1 Å². The Labute approximate surface area is 97.7 Å². The van der Waals surface area contributed by atoms with E-state index in [1.165, 1.54) is 12.4 Å². The first-order chi connectivity index (χ1) is 7.74. The van der Waals surface area contributed by atoms with Gasteiger partial charge in [-0.1, -0.05) is 11.6 Å². The summed E-state index contributed by atoms with van der Waals surface area (Å²) >= 11 is 5.71. The zero-order valence-corrected chi connectivity index (χ0v) is 9.13. The van der Waals surface area contributed by atoms with Crippen molar-refractivity contribution in [1.82, 2.24) is 4.98 Å². The third-order valence-electron chi connectivity index (χ3n) is 1.96. The average Bonchev–Trinajstić information content (AvgIpc) is 2.30. The van der Waals surface area contributed by atoms with Crippen molar-refractivity contribution in [3.05, 3.63) is 53.6 Å². The van der Waals surface area contributed by atoms with Gasteiger partial charge in [0.15, 0.2) is 0 Å². The van der Waals surface area contributed by atoms with Gasteiger partial charge in [-0.15, -0.1) is 0 Å². The van der Waals surface area contributed by atoms with Crippen molar-refractivity contribution in [2.75, 3.05) is 0 Å². The van der Waals surface area contributed by atoms with E-state index in [4.69, 9.17) is 21.5 Å². The minimum atomic E-state index is 0.368. The number of ether oxygens (including phenoxy) is 1. The van der Waals surface area contributed by atoms with Crippen molar-refractivity contribution in [3.8, 4) is 5.75 Å². The van der Waals surface area contributed by atoms with Crippen molar-refractivity contribution in [2.24, 2.45) is 0 Å². The third kappa shape index (κ3) is 2.84.